The molecule has 0 saturated heterocycles. The maximum Gasteiger partial charge on any atom is 0.434 e. The molecule has 0 atom stereocenters. The number of anilines is 1. The summed E-state index contributed by atoms with van der Waals surface area (Å²) in [5.41, 5.74) is 0.630. The monoisotopic (exact) mass is 166 g/mol. The zero-order chi connectivity index (χ0) is 8.48. The summed E-state index contributed by atoms with van der Waals surface area (Å²) in [7, 11) is 0. The average molecular weight is 166 g/mol. The normalized spacial score (nSPS) is 11.6. The molecule has 11 heavy (non-hydrogen) atoms. The van der Waals surface area contributed by atoms with Crippen LogP contribution in [0.25, 0.3) is 0 Å². The van der Waals surface area contributed by atoms with Crippen LogP contribution in [-0.4, -0.2) is 10.2 Å². The van der Waals surface area contributed by atoms with Crippen LogP contribution < -0.4 is 11.3 Å². The maximum atomic E-state index is 11.9. The summed E-state index contributed by atoms with van der Waals surface area (Å²) in [5, 5.41) is 4.95. The van der Waals surface area contributed by atoms with Gasteiger partial charge in [-0.15, -0.1) is 0 Å². The summed E-state index contributed by atoms with van der Waals surface area (Å²) in [6, 6.07) is 0. The van der Waals surface area contributed by atoms with Gasteiger partial charge in [0.1, 0.15) is 0 Å². The number of H-pyrrole nitrogens is 1. The van der Waals surface area contributed by atoms with Gasteiger partial charge in [0, 0.05) is 0 Å². The molecule has 7 heteroatoms. The fraction of sp³-hybridized carbons (Fsp3) is 0.250. The zero-order valence-corrected chi connectivity index (χ0v) is 5.24. The van der Waals surface area contributed by atoms with E-state index in [2.05, 4.69) is 5.10 Å². The van der Waals surface area contributed by atoms with Crippen molar-refractivity contribution in [3.63, 3.8) is 0 Å². The lowest BCUT2D eigenvalue weighted by Gasteiger charge is -2.04. The van der Waals surface area contributed by atoms with Crippen LogP contribution in [0.3, 0.4) is 0 Å². The fourth-order valence-corrected chi connectivity index (χ4v) is 0.612. The number of nitrogens with two attached hydrogens (primary N) is 1. The summed E-state index contributed by atoms with van der Waals surface area (Å²) in [6.07, 6.45) is -3.49. The average Bonchev–Trinajstić information content (AvgIpc) is 2.31. The van der Waals surface area contributed by atoms with Gasteiger partial charge in [-0.1, -0.05) is 0 Å². The van der Waals surface area contributed by atoms with Crippen molar-refractivity contribution in [1.82, 2.24) is 10.2 Å². The summed E-state index contributed by atoms with van der Waals surface area (Å²) in [5.74, 6) is 4.78. The SMILES string of the molecule is NNc1cn[nH]c1C(F)(F)F. The Bertz CT molecular complexity index is 240. The Morgan fingerprint density at radius 1 is 1.55 bits per heavy atom. The summed E-state index contributed by atoms with van der Waals surface area (Å²) >= 11 is 0. The van der Waals surface area contributed by atoms with Crippen LogP contribution in [0.4, 0.5) is 18.9 Å². The van der Waals surface area contributed by atoms with E-state index in [0.717, 1.165) is 6.20 Å². The first-order chi connectivity index (χ1) is 5.05. The Balaban J connectivity index is 3.02. The summed E-state index contributed by atoms with van der Waals surface area (Å²) < 4.78 is 35.7. The van der Waals surface area contributed by atoms with E-state index in [0.29, 0.717) is 0 Å². The van der Waals surface area contributed by atoms with E-state index >= 15 is 0 Å². The lowest BCUT2D eigenvalue weighted by atomic mass is 10.4. The minimum absolute atomic E-state index is 0.266. The Morgan fingerprint density at radius 3 is 2.55 bits per heavy atom. The molecule has 0 radical (unpaired) electrons. The van der Waals surface area contributed by atoms with E-state index in [1.165, 1.54) is 0 Å². The van der Waals surface area contributed by atoms with Crippen LogP contribution in [0.2, 0.25) is 0 Å². The molecule has 0 spiro atoms. The standard InChI is InChI=1S/C4H5F3N4/c5-4(6,7)3-2(10-8)1-9-11-3/h1,10H,8H2,(H,9,11). The number of nitrogens with one attached hydrogen (secondary N) is 2. The van der Waals surface area contributed by atoms with Crippen molar-refractivity contribution in [2.75, 3.05) is 5.43 Å². The fourth-order valence-electron chi connectivity index (χ4n) is 0.612. The van der Waals surface area contributed by atoms with Gasteiger partial charge in [-0.2, -0.15) is 18.3 Å². The number of hydrogen-bond donors (Lipinski definition) is 3. The van der Waals surface area contributed by atoms with Gasteiger partial charge < -0.3 is 5.43 Å². The van der Waals surface area contributed by atoms with Crippen molar-refractivity contribution in [2.45, 2.75) is 6.18 Å². The molecule has 1 aromatic rings. The molecule has 0 amide bonds. The molecule has 1 rings (SSSR count). The lowest BCUT2D eigenvalue weighted by Crippen LogP contribution is -2.13. The van der Waals surface area contributed by atoms with E-state index < -0.39 is 11.9 Å². The van der Waals surface area contributed by atoms with Crippen molar-refractivity contribution in [3.05, 3.63) is 11.9 Å². The van der Waals surface area contributed by atoms with Crippen molar-refractivity contribution in [1.29, 1.82) is 0 Å². The highest BCUT2D eigenvalue weighted by Crippen LogP contribution is 2.31. The van der Waals surface area contributed by atoms with E-state index in [9.17, 15) is 13.2 Å². The first-order valence-electron chi connectivity index (χ1n) is 2.63. The topological polar surface area (TPSA) is 66.7 Å². The van der Waals surface area contributed by atoms with E-state index in [1.54, 1.807) is 5.10 Å². The van der Waals surface area contributed by atoms with Crippen LogP contribution in [0, 0.1) is 0 Å². The number of nitrogens with zero attached hydrogens (tertiary/aromatic N) is 1. The number of aromatic amines is 1. The molecule has 0 aliphatic rings. The van der Waals surface area contributed by atoms with Gasteiger partial charge in [-0.3, -0.25) is 10.9 Å². The van der Waals surface area contributed by atoms with Crippen molar-refractivity contribution < 1.29 is 13.2 Å². The Labute approximate surface area is 59.6 Å². The number of hydrogen-bond acceptors (Lipinski definition) is 3. The number of alkyl halides is 3. The first-order valence-corrected chi connectivity index (χ1v) is 2.63. The molecule has 0 aliphatic carbocycles. The molecule has 0 saturated carbocycles. The van der Waals surface area contributed by atoms with Crippen molar-refractivity contribution in [3.8, 4) is 0 Å². The van der Waals surface area contributed by atoms with Crippen LogP contribution in [-0.2, 0) is 6.18 Å². The third-order valence-electron chi connectivity index (χ3n) is 1.08. The molecular formula is C4H5F3N4. The second-order valence-corrected chi connectivity index (χ2v) is 1.80. The molecule has 0 aliphatic heterocycles. The molecule has 62 valence electrons. The predicted molar refractivity (Wildman–Crippen MR) is 31.4 cm³/mol. The Kier molecular flexibility index (Phi) is 1.73. The quantitative estimate of drug-likeness (QED) is 0.425. The van der Waals surface area contributed by atoms with Gasteiger partial charge in [0.25, 0.3) is 0 Å². The third kappa shape index (κ3) is 1.43. The number of hydrazine groups is 1. The number of nitrogen functional groups attached to an aromatic ring is 1. The van der Waals surface area contributed by atoms with Crippen molar-refractivity contribution in [2.24, 2.45) is 5.84 Å². The van der Waals surface area contributed by atoms with Crippen molar-refractivity contribution >= 4 is 5.69 Å². The van der Waals surface area contributed by atoms with Gasteiger partial charge in [0.05, 0.1) is 11.9 Å². The van der Waals surface area contributed by atoms with Crippen LogP contribution in [0.1, 0.15) is 5.69 Å². The van der Waals surface area contributed by atoms with Gasteiger partial charge in [-0.05, 0) is 0 Å². The predicted octanol–water partition coefficient (Wildman–Crippen LogP) is 0.714. The summed E-state index contributed by atoms with van der Waals surface area (Å²) in [6.45, 7) is 0. The summed E-state index contributed by atoms with van der Waals surface area (Å²) in [4.78, 5) is 0. The molecule has 0 bridgehead atoms. The zero-order valence-electron chi connectivity index (χ0n) is 5.24. The molecule has 4 nitrogen and oxygen atoms in total. The largest absolute Gasteiger partial charge is 0.434 e. The van der Waals surface area contributed by atoms with Gasteiger partial charge in [-0.25, -0.2) is 0 Å². The Morgan fingerprint density at radius 2 is 2.18 bits per heavy atom. The number of aromatic nitrogens is 2. The van der Waals surface area contributed by atoms with Gasteiger partial charge >= 0.3 is 6.18 Å². The third-order valence-corrected chi connectivity index (χ3v) is 1.08. The molecule has 1 aromatic heterocycles. The van der Waals surface area contributed by atoms with E-state index in [-0.39, 0.29) is 5.69 Å². The first kappa shape index (κ1) is 7.86. The molecule has 0 unspecified atom stereocenters. The highest BCUT2D eigenvalue weighted by atomic mass is 19.4. The van der Waals surface area contributed by atoms with E-state index in [4.69, 9.17) is 5.84 Å². The van der Waals surface area contributed by atoms with Gasteiger partial charge in [0.2, 0.25) is 0 Å². The second kappa shape index (κ2) is 2.42. The number of halogens is 3. The molecule has 4 N–H and O–H groups in total. The minimum Gasteiger partial charge on any atom is -0.321 e. The Hall–Kier alpha value is -1.24. The van der Waals surface area contributed by atoms with E-state index in [1.807, 2.05) is 5.43 Å². The molecule has 1 heterocycles. The molecule has 0 aromatic carbocycles. The lowest BCUT2D eigenvalue weighted by molar-refractivity contribution is -0.140. The maximum absolute atomic E-state index is 11.9. The molecular weight excluding hydrogens is 161 g/mol. The molecule has 0 fully saturated rings. The minimum atomic E-state index is -4.45. The van der Waals surface area contributed by atoms with Crippen LogP contribution in [0.15, 0.2) is 6.20 Å². The van der Waals surface area contributed by atoms with Crippen LogP contribution in [0.5, 0.6) is 0 Å². The van der Waals surface area contributed by atoms with Gasteiger partial charge in [0.15, 0.2) is 5.69 Å². The number of rotatable bonds is 1. The highest BCUT2D eigenvalue weighted by molar-refractivity contribution is 5.45. The second-order valence-electron chi connectivity index (χ2n) is 1.80. The smallest absolute Gasteiger partial charge is 0.321 e. The van der Waals surface area contributed by atoms with Crippen LogP contribution >= 0.6 is 0 Å². The highest BCUT2D eigenvalue weighted by Gasteiger charge is 2.35.